The van der Waals surface area contributed by atoms with Gasteiger partial charge >= 0.3 is 0 Å². The van der Waals surface area contributed by atoms with E-state index in [-0.39, 0.29) is 0 Å². The number of aromatic nitrogens is 2. The van der Waals surface area contributed by atoms with E-state index in [0.29, 0.717) is 0 Å². The maximum absolute atomic E-state index is 2.51. The second kappa shape index (κ2) is 12.7. The van der Waals surface area contributed by atoms with E-state index in [4.69, 9.17) is 0 Å². The second-order valence-electron chi connectivity index (χ2n) is 14.8. The normalized spacial score (nSPS) is 11.9. The maximum atomic E-state index is 2.51. The predicted molar refractivity (Wildman–Crippen MR) is 244 cm³/mol. The van der Waals surface area contributed by atoms with Crippen LogP contribution in [0.3, 0.4) is 0 Å². The van der Waals surface area contributed by atoms with Gasteiger partial charge in [0, 0.05) is 48.1 Å². The molecule has 0 aliphatic rings. The smallest absolute Gasteiger partial charge is 0.0641 e. The third-order valence-corrected chi connectivity index (χ3v) is 12.9. The van der Waals surface area contributed by atoms with Gasteiger partial charge in [0.15, 0.2) is 0 Å². The molecule has 0 saturated heterocycles. The standard InChI is InChI=1S/C54H34N2S/c1-3-16-35(17-4-1)38-20-7-11-26-46(38)56-48-28-13-9-22-42(48)44-25-15-24-40(53(44)56)37-30-31-43-41-21-8-12-27-47(41)55(50(43)34-37)49-33-32-39(36-18-5-2-6-19-36)52-45-23-10-14-29-51(45)57-54(49)52/h1-34H. The van der Waals surface area contributed by atoms with Crippen molar-refractivity contribution in [3.63, 3.8) is 0 Å². The van der Waals surface area contributed by atoms with Crippen molar-refractivity contribution in [1.82, 2.24) is 9.13 Å². The highest BCUT2D eigenvalue weighted by Gasteiger charge is 2.22. The average molecular weight is 743 g/mol. The van der Waals surface area contributed by atoms with Crippen LogP contribution >= 0.6 is 11.3 Å². The quantitative estimate of drug-likeness (QED) is 0.166. The lowest BCUT2D eigenvalue weighted by Gasteiger charge is -2.16. The fourth-order valence-corrected chi connectivity index (χ4v) is 10.5. The van der Waals surface area contributed by atoms with Crippen LogP contribution in [0.4, 0.5) is 0 Å². The number of hydrogen-bond acceptors (Lipinski definition) is 1. The maximum Gasteiger partial charge on any atom is 0.0641 e. The molecular weight excluding hydrogens is 709 g/mol. The van der Waals surface area contributed by atoms with Crippen molar-refractivity contribution in [3.8, 4) is 44.8 Å². The molecule has 3 heterocycles. The molecule has 0 radical (unpaired) electrons. The van der Waals surface area contributed by atoms with E-state index < -0.39 is 0 Å². The molecule has 0 amide bonds. The summed E-state index contributed by atoms with van der Waals surface area (Å²) in [4.78, 5) is 0. The van der Waals surface area contributed by atoms with Crippen LogP contribution in [0.25, 0.3) is 109 Å². The first kappa shape index (κ1) is 32.1. The molecule has 0 bridgehead atoms. The highest BCUT2D eigenvalue weighted by molar-refractivity contribution is 7.26. The van der Waals surface area contributed by atoms with Gasteiger partial charge in [-0.2, -0.15) is 0 Å². The topological polar surface area (TPSA) is 9.86 Å². The lowest BCUT2D eigenvalue weighted by Crippen LogP contribution is -1.98. The van der Waals surface area contributed by atoms with Crippen molar-refractivity contribution < 1.29 is 0 Å². The number of hydrogen-bond donors (Lipinski definition) is 0. The summed E-state index contributed by atoms with van der Waals surface area (Å²) < 4.78 is 7.60. The van der Waals surface area contributed by atoms with Gasteiger partial charge in [0.25, 0.3) is 0 Å². The van der Waals surface area contributed by atoms with Gasteiger partial charge in [0.1, 0.15) is 0 Å². The Hall–Kier alpha value is -7.20. The Bertz CT molecular complexity index is 3510. The third kappa shape index (κ3) is 4.83. The van der Waals surface area contributed by atoms with Crippen LogP contribution in [-0.4, -0.2) is 9.13 Å². The number of benzene rings is 9. The van der Waals surface area contributed by atoms with Crippen molar-refractivity contribution in [1.29, 1.82) is 0 Å². The molecule has 3 aromatic heterocycles. The predicted octanol–water partition coefficient (Wildman–Crippen LogP) is 15.2. The van der Waals surface area contributed by atoms with E-state index in [0.717, 1.165) is 0 Å². The van der Waals surface area contributed by atoms with Crippen LogP contribution in [0.2, 0.25) is 0 Å². The summed E-state index contributed by atoms with van der Waals surface area (Å²) in [5.41, 5.74) is 14.5. The van der Waals surface area contributed by atoms with E-state index in [1.165, 1.54) is 109 Å². The van der Waals surface area contributed by atoms with Gasteiger partial charge in [-0.05, 0) is 58.7 Å². The van der Waals surface area contributed by atoms with Gasteiger partial charge in [0.05, 0.1) is 38.1 Å². The van der Waals surface area contributed by atoms with Crippen molar-refractivity contribution in [2.75, 3.05) is 0 Å². The molecule has 0 aliphatic carbocycles. The minimum Gasteiger partial charge on any atom is -0.308 e. The van der Waals surface area contributed by atoms with Crippen LogP contribution in [0.15, 0.2) is 206 Å². The zero-order valence-electron chi connectivity index (χ0n) is 30.9. The lowest BCUT2D eigenvalue weighted by atomic mass is 9.98. The zero-order chi connectivity index (χ0) is 37.5. The monoisotopic (exact) mass is 742 g/mol. The summed E-state index contributed by atoms with van der Waals surface area (Å²) >= 11 is 1.89. The van der Waals surface area contributed by atoms with E-state index >= 15 is 0 Å². The number of nitrogens with zero attached hydrogens (tertiary/aromatic N) is 2. The van der Waals surface area contributed by atoms with Gasteiger partial charge in [0.2, 0.25) is 0 Å². The van der Waals surface area contributed by atoms with Crippen LogP contribution in [-0.2, 0) is 0 Å². The molecule has 0 unspecified atom stereocenters. The molecule has 2 nitrogen and oxygen atoms in total. The minimum absolute atomic E-state index is 1.17. The SMILES string of the molecule is c1ccc(-c2ccccc2-n2c3ccccc3c3cccc(-c4ccc5c6ccccc6n(-c6ccc(-c7ccccc7)c7c6sc6ccccc67)c5c4)c32)cc1. The number of thiophene rings is 1. The lowest BCUT2D eigenvalue weighted by molar-refractivity contribution is 1.18. The molecule has 0 aliphatic heterocycles. The highest BCUT2D eigenvalue weighted by Crippen LogP contribution is 2.46. The number of para-hydroxylation sites is 4. The molecule has 12 rings (SSSR count). The Labute approximate surface area is 333 Å². The summed E-state index contributed by atoms with van der Waals surface area (Å²) in [6.07, 6.45) is 0. The van der Waals surface area contributed by atoms with Gasteiger partial charge < -0.3 is 9.13 Å². The van der Waals surface area contributed by atoms with Crippen molar-refractivity contribution in [3.05, 3.63) is 206 Å². The van der Waals surface area contributed by atoms with Gasteiger partial charge in [-0.3, -0.25) is 0 Å². The Balaban J connectivity index is 1.16. The van der Waals surface area contributed by atoms with E-state index in [1.54, 1.807) is 0 Å². The summed E-state index contributed by atoms with van der Waals surface area (Å²) in [5.74, 6) is 0. The molecular formula is C54H34N2S. The van der Waals surface area contributed by atoms with Crippen LogP contribution in [0, 0.1) is 0 Å². The van der Waals surface area contributed by atoms with E-state index in [9.17, 15) is 0 Å². The minimum atomic E-state index is 1.17. The van der Waals surface area contributed by atoms with Gasteiger partial charge in [-0.1, -0.05) is 170 Å². The summed E-state index contributed by atoms with van der Waals surface area (Å²) in [6.45, 7) is 0. The van der Waals surface area contributed by atoms with Crippen molar-refractivity contribution >= 4 is 75.1 Å². The van der Waals surface area contributed by atoms with Crippen molar-refractivity contribution in [2.24, 2.45) is 0 Å². The molecule has 9 aromatic carbocycles. The molecule has 12 aromatic rings. The number of fused-ring (bicyclic) bond motifs is 9. The Kier molecular flexibility index (Phi) is 7.13. The van der Waals surface area contributed by atoms with Crippen LogP contribution in [0.5, 0.6) is 0 Å². The third-order valence-electron chi connectivity index (χ3n) is 11.7. The van der Waals surface area contributed by atoms with Crippen LogP contribution < -0.4 is 0 Å². The van der Waals surface area contributed by atoms with Gasteiger partial charge in [-0.25, -0.2) is 0 Å². The highest BCUT2D eigenvalue weighted by atomic mass is 32.1. The van der Waals surface area contributed by atoms with E-state index in [1.807, 2.05) is 11.3 Å². The molecule has 0 N–H and O–H groups in total. The fraction of sp³-hybridized carbons (Fsp3) is 0. The summed E-state index contributed by atoms with van der Waals surface area (Å²) in [7, 11) is 0. The Morgan fingerprint density at radius 1 is 0.316 bits per heavy atom. The van der Waals surface area contributed by atoms with Crippen molar-refractivity contribution in [2.45, 2.75) is 0 Å². The van der Waals surface area contributed by atoms with E-state index in [2.05, 4.69) is 215 Å². The largest absolute Gasteiger partial charge is 0.308 e. The van der Waals surface area contributed by atoms with Gasteiger partial charge in [-0.15, -0.1) is 11.3 Å². The molecule has 0 atom stereocenters. The second-order valence-corrected chi connectivity index (χ2v) is 15.9. The number of rotatable bonds is 5. The zero-order valence-corrected chi connectivity index (χ0v) is 31.7. The Morgan fingerprint density at radius 2 is 0.895 bits per heavy atom. The fourth-order valence-electron chi connectivity index (χ4n) is 9.28. The average Bonchev–Trinajstić information content (AvgIpc) is 3.95. The van der Waals surface area contributed by atoms with Crippen LogP contribution in [0.1, 0.15) is 0 Å². The first-order chi connectivity index (χ1) is 28.3. The molecule has 266 valence electrons. The first-order valence-corrected chi connectivity index (χ1v) is 20.3. The summed E-state index contributed by atoms with van der Waals surface area (Å²) in [6, 6.07) is 75.6. The summed E-state index contributed by atoms with van der Waals surface area (Å²) in [5, 5.41) is 7.61. The molecule has 0 spiro atoms. The molecule has 0 fully saturated rings. The molecule has 57 heavy (non-hydrogen) atoms. The Morgan fingerprint density at radius 3 is 1.68 bits per heavy atom. The first-order valence-electron chi connectivity index (χ1n) is 19.5. The molecule has 0 saturated carbocycles. The molecule has 3 heteroatoms.